The molecule has 0 bridgehead atoms. The zero-order valence-corrected chi connectivity index (χ0v) is 15.8. The van der Waals surface area contributed by atoms with Crippen molar-refractivity contribution in [1.82, 2.24) is 0 Å². The first-order chi connectivity index (χ1) is 12.9. The number of anilines is 4. The molecule has 0 heterocycles. The number of carbonyl (C=O) groups is 2. The Morgan fingerprint density at radius 1 is 0.778 bits per heavy atom. The van der Waals surface area contributed by atoms with Gasteiger partial charge < -0.3 is 16.8 Å². The highest BCUT2D eigenvalue weighted by molar-refractivity contribution is 7.80. The Kier molecular flexibility index (Phi) is 4.13. The summed E-state index contributed by atoms with van der Waals surface area (Å²) in [7, 11) is 0. The quantitative estimate of drug-likeness (QED) is 0.262. The van der Waals surface area contributed by atoms with Crippen LogP contribution < -0.4 is 16.8 Å². The van der Waals surface area contributed by atoms with Crippen LogP contribution in [0.1, 0.15) is 31.8 Å². The Bertz CT molecular complexity index is 1140. The van der Waals surface area contributed by atoms with Gasteiger partial charge >= 0.3 is 0 Å². The summed E-state index contributed by atoms with van der Waals surface area (Å²) in [5.41, 5.74) is 14.9. The molecular formula is C20H15N3O2S2. The summed E-state index contributed by atoms with van der Waals surface area (Å²) in [6.45, 7) is 0. The number of thiol groups is 2. The molecule has 0 aliphatic heterocycles. The number of fused-ring (bicyclic) bond motifs is 2. The van der Waals surface area contributed by atoms with E-state index in [4.69, 9.17) is 11.5 Å². The largest absolute Gasteiger partial charge is 0.398 e. The first-order valence-corrected chi connectivity index (χ1v) is 8.97. The Labute approximate surface area is 166 Å². The molecule has 7 heteroatoms. The maximum atomic E-state index is 13.1. The number of nitrogen functional groups attached to an aromatic ring is 2. The van der Waals surface area contributed by atoms with E-state index in [2.05, 4.69) is 30.6 Å². The second-order valence-electron chi connectivity index (χ2n) is 6.21. The topological polar surface area (TPSA) is 98.2 Å². The number of rotatable bonds is 2. The second-order valence-corrected chi connectivity index (χ2v) is 7.17. The number of ketones is 2. The van der Waals surface area contributed by atoms with Crippen molar-refractivity contribution in [3.63, 3.8) is 0 Å². The summed E-state index contributed by atoms with van der Waals surface area (Å²) in [6, 6.07) is 13.6. The van der Waals surface area contributed by atoms with Gasteiger partial charge in [-0.05, 0) is 24.3 Å². The lowest BCUT2D eigenvalue weighted by Gasteiger charge is -2.23. The maximum Gasteiger partial charge on any atom is 0.196 e. The normalized spacial score (nSPS) is 12.5. The van der Waals surface area contributed by atoms with E-state index in [0.29, 0.717) is 38.0 Å². The predicted molar refractivity (Wildman–Crippen MR) is 113 cm³/mol. The van der Waals surface area contributed by atoms with Crippen LogP contribution in [0.25, 0.3) is 0 Å². The molecule has 0 radical (unpaired) electrons. The number of carbonyl (C=O) groups excluding carboxylic acids is 2. The standard InChI is InChI=1S/C20H15N3O2S2/c21-12-6-5-9(7-14(12)26)23-13-8-15(27)18(22)17-16(13)19(24)10-3-1-2-4-11(10)20(17)25/h1-8,23,26-27H,21-22H2. The Morgan fingerprint density at radius 3 is 2.04 bits per heavy atom. The fraction of sp³-hybridized carbons (Fsp3) is 0. The maximum absolute atomic E-state index is 13.1. The first kappa shape index (κ1) is 17.5. The van der Waals surface area contributed by atoms with Crippen LogP contribution in [-0.2, 0) is 0 Å². The first-order valence-electron chi connectivity index (χ1n) is 8.08. The van der Waals surface area contributed by atoms with Gasteiger partial charge in [0, 0.05) is 32.3 Å². The average molecular weight is 393 g/mol. The molecule has 5 N–H and O–H groups in total. The number of hydrogen-bond donors (Lipinski definition) is 5. The molecule has 1 aliphatic carbocycles. The molecule has 0 saturated carbocycles. The zero-order valence-electron chi connectivity index (χ0n) is 14.0. The van der Waals surface area contributed by atoms with Crippen molar-refractivity contribution in [3.05, 3.63) is 70.8 Å². The van der Waals surface area contributed by atoms with E-state index in [9.17, 15) is 9.59 Å². The van der Waals surface area contributed by atoms with E-state index < -0.39 is 0 Å². The van der Waals surface area contributed by atoms with E-state index in [1.165, 1.54) is 0 Å². The molecule has 27 heavy (non-hydrogen) atoms. The molecule has 0 saturated heterocycles. The summed E-state index contributed by atoms with van der Waals surface area (Å²) in [5.74, 6) is -0.548. The third-order valence-electron chi connectivity index (χ3n) is 4.53. The summed E-state index contributed by atoms with van der Waals surface area (Å²) in [6.07, 6.45) is 0. The molecule has 5 nitrogen and oxygen atoms in total. The molecular weight excluding hydrogens is 378 g/mol. The molecule has 0 aromatic heterocycles. The van der Waals surface area contributed by atoms with Gasteiger partial charge in [-0.1, -0.05) is 24.3 Å². The second kappa shape index (κ2) is 6.37. The molecule has 0 atom stereocenters. The monoisotopic (exact) mass is 393 g/mol. The third kappa shape index (κ3) is 2.75. The van der Waals surface area contributed by atoms with Gasteiger partial charge in [0.2, 0.25) is 0 Å². The van der Waals surface area contributed by atoms with E-state index in [1.807, 2.05) is 0 Å². The summed E-state index contributed by atoms with van der Waals surface area (Å²) in [4.78, 5) is 27.2. The summed E-state index contributed by atoms with van der Waals surface area (Å²) >= 11 is 8.70. The molecule has 3 aromatic rings. The minimum atomic E-state index is -0.288. The molecule has 3 aromatic carbocycles. The van der Waals surface area contributed by atoms with Crippen molar-refractivity contribution in [1.29, 1.82) is 0 Å². The van der Waals surface area contributed by atoms with Crippen molar-refractivity contribution in [3.8, 4) is 0 Å². The van der Waals surface area contributed by atoms with Gasteiger partial charge in [-0.15, -0.1) is 25.3 Å². The van der Waals surface area contributed by atoms with Crippen LogP contribution in [-0.4, -0.2) is 11.6 Å². The van der Waals surface area contributed by atoms with Gasteiger partial charge in [0.1, 0.15) is 0 Å². The Hall–Kier alpha value is -2.90. The molecule has 0 spiro atoms. The van der Waals surface area contributed by atoms with E-state index in [0.717, 1.165) is 0 Å². The van der Waals surface area contributed by atoms with Crippen LogP contribution >= 0.6 is 25.3 Å². The van der Waals surface area contributed by atoms with Gasteiger partial charge in [-0.2, -0.15) is 0 Å². The highest BCUT2D eigenvalue weighted by Gasteiger charge is 2.34. The lowest BCUT2D eigenvalue weighted by Crippen LogP contribution is -2.24. The molecule has 1 aliphatic rings. The molecule has 134 valence electrons. The van der Waals surface area contributed by atoms with Crippen LogP contribution in [0.4, 0.5) is 22.7 Å². The molecule has 4 rings (SSSR count). The Morgan fingerprint density at radius 2 is 1.41 bits per heavy atom. The van der Waals surface area contributed by atoms with Crippen molar-refractivity contribution < 1.29 is 9.59 Å². The average Bonchev–Trinajstić information content (AvgIpc) is 2.65. The summed E-state index contributed by atoms with van der Waals surface area (Å²) in [5, 5.41) is 3.17. The van der Waals surface area contributed by atoms with Crippen LogP contribution in [0.15, 0.2) is 58.3 Å². The fourth-order valence-corrected chi connectivity index (χ4v) is 3.63. The SMILES string of the molecule is Nc1ccc(Nc2cc(S)c(N)c3c2C(=O)c2ccccc2C3=O)cc1S. The van der Waals surface area contributed by atoms with Crippen molar-refractivity contribution >= 4 is 59.6 Å². The van der Waals surface area contributed by atoms with E-state index in [1.54, 1.807) is 48.5 Å². The highest BCUT2D eigenvalue weighted by Crippen LogP contribution is 2.39. The van der Waals surface area contributed by atoms with Crippen molar-refractivity contribution in [2.24, 2.45) is 0 Å². The predicted octanol–water partition coefficient (Wildman–Crippen LogP) is 3.95. The highest BCUT2D eigenvalue weighted by atomic mass is 32.1. The zero-order chi connectivity index (χ0) is 19.3. The van der Waals surface area contributed by atoms with E-state index >= 15 is 0 Å². The van der Waals surface area contributed by atoms with Crippen LogP contribution in [0, 0.1) is 0 Å². The summed E-state index contributed by atoms with van der Waals surface area (Å²) < 4.78 is 0. The van der Waals surface area contributed by atoms with Gasteiger partial charge in [0.15, 0.2) is 11.6 Å². The van der Waals surface area contributed by atoms with Crippen molar-refractivity contribution in [2.75, 3.05) is 16.8 Å². The van der Waals surface area contributed by atoms with Gasteiger partial charge in [0.25, 0.3) is 0 Å². The molecule has 0 unspecified atom stereocenters. The van der Waals surface area contributed by atoms with Crippen molar-refractivity contribution in [2.45, 2.75) is 9.79 Å². The number of hydrogen-bond acceptors (Lipinski definition) is 7. The van der Waals surface area contributed by atoms with Crippen LogP contribution in [0.3, 0.4) is 0 Å². The lowest BCUT2D eigenvalue weighted by molar-refractivity contribution is 0.0980. The molecule has 0 amide bonds. The number of benzene rings is 3. The van der Waals surface area contributed by atoms with Gasteiger partial charge in [-0.25, -0.2) is 0 Å². The van der Waals surface area contributed by atoms with Crippen LogP contribution in [0.5, 0.6) is 0 Å². The fourth-order valence-electron chi connectivity index (χ4n) is 3.18. The number of nitrogens with one attached hydrogen (secondary N) is 1. The van der Waals surface area contributed by atoms with Gasteiger partial charge in [0.05, 0.1) is 22.5 Å². The van der Waals surface area contributed by atoms with Crippen LogP contribution in [0.2, 0.25) is 0 Å². The third-order valence-corrected chi connectivity index (χ3v) is 5.28. The minimum Gasteiger partial charge on any atom is -0.398 e. The minimum absolute atomic E-state index is 0.176. The van der Waals surface area contributed by atoms with Gasteiger partial charge in [-0.3, -0.25) is 9.59 Å². The molecule has 0 fully saturated rings. The Balaban J connectivity index is 1.92. The smallest absolute Gasteiger partial charge is 0.196 e. The number of nitrogens with two attached hydrogens (primary N) is 2. The van der Waals surface area contributed by atoms with E-state index in [-0.39, 0.29) is 28.4 Å². The lowest BCUT2D eigenvalue weighted by atomic mass is 9.82.